The van der Waals surface area contributed by atoms with Gasteiger partial charge in [0.1, 0.15) is 18.1 Å². The van der Waals surface area contributed by atoms with E-state index in [1.807, 2.05) is 6.92 Å². The zero-order valence-electron chi connectivity index (χ0n) is 23.3. The fourth-order valence-corrected chi connectivity index (χ4v) is 6.71. The molecule has 1 unspecified atom stereocenters. The molecule has 0 saturated carbocycles. The summed E-state index contributed by atoms with van der Waals surface area (Å²) in [6.45, 7) is 4.72. The molecular weight excluding hydrogens is 549 g/mol. The summed E-state index contributed by atoms with van der Waals surface area (Å²) >= 11 is 0. The van der Waals surface area contributed by atoms with Gasteiger partial charge in [-0.2, -0.15) is 0 Å². The van der Waals surface area contributed by atoms with Gasteiger partial charge in [-0.3, -0.25) is 9.10 Å². The number of fused-ring (bicyclic) bond motifs is 1. The van der Waals surface area contributed by atoms with Crippen molar-refractivity contribution in [3.8, 4) is 5.75 Å². The second-order valence-electron chi connectivity index (χ2n) is 9.52. The number of carbonyl (C=O) groups excluding carboxylic acids is 2. The van der Waals surface area contributed by atoms with E-state index in [9.17, 15) is 22.4 Å². The van der Waals surface area contributed by atoms with Crippen LogP contribution in [0.3, 0.4) is 0 Å². The fourth-order valence-electron chi connectivity index (χ4n) is 4.86. The second kappa shape index (κ2) is 12.0. The van der Waals surface area contributed by atoms with E-state index in [-0.39, 0.29) is 16.3 Å². The number of hydrogen-bond acceptors (Lipinski definition) is 7. The number of carbonyl (C=O) groups is 2. The van der Waals surface area contributed by atoms with Gasteiger partial charge in [0, 0.05) is 16.3 Å². The number of esters is 2. The van der Waals surface area contributed by atoms with Crippen molar-refractivity contribution in [3.63, 3.8) is 0 Å². The van der Waals surface area contributed by atoms with Crippen molar-refractivity contribution in [2.24, 2.45) is 0 Å². The molecule has 41 heavy (non-hydrogen) atoms. The van der Waals surface area contributed by atoms with Crippen LogP contribution in [0, 0.1) is 26.6 Å². The average molecular weight is 580 g/mol. The lowest BCUT2D eigenvalue weighted by Crippen LogP contribution is -2.37. The van der Waals surface area contributed by atoms with Crippen molar-refractivity contribution in [1.82, 2.24) is 0 Å². The number of halogens is 1. The highest BCUT2D eigenvalue weighted by molar-refractivity contribution is 7.93. The van der Waals surface area contributed by atoms with E-state index in [1.165, 1.54) is 50.6 Å². The van der Waals surface area contributed by atoms with Crippen LogP contribution >= 0.6 is 0 Å². The Morgan fingerprint density at radius 3 is 2.05 bits per heavy atom. The van der Waals surface area contributed by atoms with Crippen molar-refractivity contribution >= 4 is 38.4 Å². The monoisotopic (exact) mass is 579 g/mol. The van der Waals surface area contributed by atoms with Crippen LogP contribution in [0.15, 0.2) is 77.7 Å². The van der Waals surface area contributed by atoms with E-state index in [1.54, 1.807) is 50.2 Å². The second-order valence-corrected chi connectivity index (χ2v) is 11.3. The summed E-state index contributed by atoms with van der Waals surface area (Å²) in [4.78, 5) is 25.3. The topological polar surface area (TPSA) is 99.2 Å². The molecule has 4 rings (SSSR count). The third kappa shape index (κ3) is 6.02. The first-order valence-electron chi connectivity index (χ1n) is 12.7. The maximum Gasteiger partial charge on any atom is 0.351 e. The number of methoxy groups -OCH3 is 2. The van der Waals surface area contributed by atoms with Crippen molar-refractivity contribution in [2.75, 3.05) is 25.1 Å². The lowest BCUT2D eigenvalue weighted by Gasteiger charge is -2.27. The van der Waals surface area contributed by atoms with Gasteiger partial charge < -0.3 is 14.2 Å². The molecule has 214 valence electrons. The molecule has 0 aliphatic heterocycles. The van der Waals surface area contributed by atoms with Gasteiger partial charge in [-0.15, -0.1) is 0 Å². The van der Waals surface area contributed by atoms with Crippen molar-refractivity contribution in [2.45, 2.75) is 31.8 Å². The van der Waals surface area contributed by atoms with Crippen LogP contribution in [0.4, 0.5) is 10.1 Å². The van der Waals surface area contributed by atoms with E-state index >= 15 is 0 Å². The van der Waals surface area contributed by atoms with Gasteiger partial charge in [0.25, 0.3) is 10.0 Å². The van der Waals surface area contributed by atoms with Crippen LogP contribution in [-0.4, -0.2) is 41.1 Å². The molecule has 0 aromatic heterocycles. The first-order chi connectivity index (χ1) is 19.5. The summed E-state index contributed by atoms with van der Waals surface area (Å²) in [5.41, 5.74) is 2.58. The Hall–Kier alpha value is -4.44. The molecular formula is C31H30FNO7S. The Bertz CT molecular complexity index is 1700. The quantitative estimate of drug-likeness (QED) is 0.239. The van der Waals surface area contributed by atoms with Crippen LogP contribution in [0.1, 0.15) is 28.4 Å². The Kier molecular flexibility index (Phi) is 8.63. The predicted molar refractivity (Wildman–Crippen MR) is 153 cm³/mol. The summed E-state index contributed by atoms with van der Waals surface area (Å²) in [5.74, 6) is -1.67. The molecule has 8 nitrogen and oxygen atoms in total. The van der Waals surface area contributed by atoms with Crippen LogP contribution in [0.5, 0.6) is 5.75 Å². The number of ether oxygens (including phenoxy) is 3. The zero-order chi connectivity index (χ0) is 29.9. The fraction of sp³-hybridized carbons (Fsp3) is 0.226. The first kappa shape index (κ1) is 29.5. The highest BCUT2D eigenvalue weighted by Crippen LogP contribution is 2.39. The molecule has 0 radical (unpaired) electrons. The molecule has 1 atom stereocenters. The summed E-state index contributed by atoms with van der Waals surface area (Å²) in [6.07, 6.45) is -1.22. The maximum atomic E-state index is 14.2. The van der Waals surface area contributed by atoms with Gasteiger partial charge in [-0.05, 0) is 56.2 Å². The third-order valence-electron chi connectivity index (χ3n) is 6.62. The van der Waals surface area contributed by atoms with Crippen LogP contribution < -0.4 is 9.04 Å². The van der Waals surface area contributed by atoms with Gasteiger partial charge in [0.15, 0.2) is 0 Å². The Morgan fingerprint density at radius 1 is 0.854 bits per heavy atom. The molecule has 0 heterocycles. The van der Waals surface area contributed by atoms with Crippen LogP contribution in [-0.2, 0) is 29.1 Å². The summed E-state index contributed by atoms with van der Waals surface area (Å²) in [5, 5.41) is 0.922. The molecule has 4 aromatic rings. The normalized spacial score (nSPS) is 12.0. The van der Waals surface area contributed by atoms with E-state index in [4.69, 9.17) is 14.2 Å². The number of aryl methyl sites for hydroxylation is 3. The lowest BCUT2D eigenvalue weighted by atomic mass is 10.1. The molecule has 0 N–H and O–H groups in total. The van der Waals surface area contributed by atoms with Crippen molar-refractivity contribution in [1.29, 1.82) is 0 Å². The number of anilines is 1. The average Bonchev–Trinajstić information content (AvgIpc) is 2.94. The lowest BCUT2D eigenvalue weighted by molar-refractivity contribution is -0.149. The van der Waals surface area contributed by atoms with Crippen LogP contribution in [0.2, 0.25) is 0 Å². The summed E-state index contributed by atoms with van der Waals surface area (Å²) in [7, 11) is -1.84. The minimum Gasteiger partial charge on any atom is -0.473 e. The number of rotatable bonds is 9. The van der Waals surface area contributed by atoms with Crippen LogP contribution in [0.25, 0.3) is 10.8 Å². The van der Waals surface area contributed by atoms with Gasteiger partial charge >= 0.3 is 11.9 Å². The third-order valence-corrected chi connectivity index (χ3v) is 8.68. The number of sulfonamides is 1. The largest absolute Gasteiger partial charge is 0.473 e. The molecule has 0 amide bonds. The molecule has 0 spiro atoms. The molecule has 0 aliphatic carbocycles. The van der Waals surface area contributed by atoms with E-state index in [2.05, 4.69) is 0 Å². The summed E-state index contributed by atoms with van der Waals surface area (Å²) < 4.78 is 58.8. The van der Waals surface area contributed by atoms with E-state index in [0.29, 0.717) is 27.5 Å². The predicted octanol–water partition coefficient (Wildman–Crippen LogP) is 5.57. The first-order valence-corrected chi connectivity index (χ1v) is 14.1. The SMILES string of the molecule is COC(=O)CN(c1ccc(OC(C(=O)OC)c2ccc(F)cc2)c2ccccc12)S(=O)(=O)c1c(C)cc(C)cc1C. The standard InChI is InChI=1S/C31H30FNO7S/c1-19-16-20(2)30(21(3)17-19)41(36,37)33(18-28(34)38-4)26-14-15-27(25-9-7-6-8-24(25)26)40-29(31(35)39-5)22-10-12-23(32)13-11-22/h6-17,29H,18H2,1-5H3. The molecule has 0 aliphatic rings. The summed E-state index contributed by atoms with van der Waals surface area (Å²) in [6, 6.07) is 18.7. The molecule has 4 aromatic carbocycles. The minimum absolute atomic E-state index is 0.0958. The van der Waals surface area contributed by atoms with Gasteiger partial charge in [-0.1, -0.05) is 54.1 Å². The molecule has 10 heteroatoms. The minimum atomic E-state index is -4.25. The highest BCUT2D eigenvalue weighted by atomic mass is 32.2. The van der Waals surface area contributed by atoms with Crippen molar-refractivity contribution in [3.05, 3.63) is 101 Å². The van der Waals surface area contributed by atoms with E-state index < -0.39 is 40.4 Å². The molecule has 0 saturated heterocycles. The number of hydrogen-bond donors (Lipinski definition) is 0. The zero-order valence-corrected chi connectivity index (χ0v) is 24.1. The van der Waals surface area contributed by atoms with Gasteiger partial charge in [-0.25, -0.2) is 17.6 Å². The maximum absolute atomic E-state index is 14.2. The number of benzene rings is 4. The smallest absolute Gasteiger partial charge is 0.351 e. The Morgan fingerprint density at radius 2 is 1.46 bits per heavy atom. The Labute approximate surface area is 238 Å². The highest BCUT2D eigenvalue weighted by Gasteiger charge is 2.32. The molecule has 0 bridgehead atoms. The van der Waals surface area contributed by atoms with E-state index in [0.717, 1.165) is 9.87 Å². The van der Waals surface area contributed by atoms with Gasteiger partial charge in [0.05, 0.1) is 24.8 Å². The van der Waals surface area contributed by atoms with Gasteiger partial charge in [0.2, 0.25) is 6.10 Å². The Balaban J connectivity index is 1.89. The number of nitrogens with zero attached hydrogens (tertiary/aromatic N) is 1. The van der Waals surface area contributed by atoms with Crippen molar-refractivity contribution < 1.29 is 36.6 Å². The molecule has 0 fully saturated rings.